The van der Waals surface area contributed by atoms with Crippen LogP contribution in [0.25, 0.3) is 0 Å². The summed E-state index contributed by atoms with van der Waals surface area (Å²) in [6.45, 7) is 6.75. The zero-order valence-corrected chi connectivity index (χ0v) is 15.3. The summed E-state index contributed by atoms with van der Waals surface area (Å²) in [6, 6.07) is 8.62. The minimum absolute atomic E-state index is 0.367. The average molecular weight is 353 g/mol. The maximum atomic E-state index is 12.6. The molecule has 0 saturated carbocycles. The summed E-state index contributed by atoms with van der Waals surface area (Å²) >= 11 is 0. The third kappa shape index (κ3) is 5.21. The van der Waals surface area contributed by atoms with Gasteiger partial charge < -0.3 is 11.1 Å². The van der Waals surface area contributed by atoms with Crippen LogP contribution in [-0.4, -0.2) is 44.9 Å². The van der Waals surface area contributed by atoms with Gasteiger partial charge >= 0.3 is 0 Å². The van der Waals surface area contributed by atoms with Gasteiger partial charge in [0, 0.05) is 26.2 Å². The molecule has 0 aromatic heterocycles. The SMILES string of the molecule is CC(C)CN=C(N)NCC1CCN(S(=O)(=O)c2ccccc2)CC1. The highest BCUT2D eigenvalue weighted by Crippen LogP contribution is 2.23. The molecule has 0 bridgehead atoms. The number of nitrogens with one attached hydrogen (secondary N) is 1. The number of piperidine rings is 1. The van der Waals surface area contributed by atoms with Crippen molar-refractivity contribution in [1.82, 2.24) is 9.62 Å². The Morgan fingerprint density at radius 3 is 2.50 bits per heavy atom. The van der Waals surface area contributed by atoms with Gasteiger partial charge in [-0.1, -0.05) is 32.0 Å². The maximum absolute atomic E-state index is 12.6. The maximum Gasteiger partial charge on any atom is 0.243 e. The van der Waals surface area contributed by atoms with Crippen LogP contribution in [0.3, 0.4) is 0 Å². The largest absolute Gasteiger partial charge is 0.370 e. The lowest BCUT2D eigenvalue weighted by atomic mass is 9.98. The number of rotatable bonds is 6. The van der Waals surface area contributed by atoms with E-state index in [1.54, 1.807) is 28.6 Å². The number of hydrogen-bond acceptors (Lipinski definition) is 3. The fraction of sp³-hybridized carbons (Fsp3) is 0.588. The number of nitrogens with two attached hydrogens (primary N) is 1. The molecule has 1 heterocycles. The molecule has 7 heteroatoms. The zero-order chi connectivity index (χ0) is 17.6. The molecule has 1 aromatic carbocycles. The van der Waals surface area contributed by atoms with Gasteiger partial charge in [-0.15, -0.1) is 0 Å². The van der Waals surface area contributed by atoms with E-state index in [1.165, 1.54) is 0 Å². The van der Waals surface area contributed by atoms with Gasteiger partial charge in [-0.25, -0.2) is 8.42 Å². The number of guanidine groups is 1. The molecule has 1 aliphatic rings. The molecule has 0 spiro atoms. The molecular formula is C17H28N4O2S. The molecule has 3 N–H and O–H groups in total. The van der Waals surface area contributed by atoms with Crippen LogP contribution in [0, 0.1) is 11.8 Å². The molecule has 1 aliphatic heterocycles. The Morgan fingerprint density at radius 1 is 1.29 bits per heavy atom. The monoisotopic (exact) mass is 352 g/mol. The van der Waals surface area contributed by atoms with Crippen molar-refractivity contribution in [1.29, 1.82) is 0 Å². The van der Waals surface area contributed by atoms with Crippen molar-refractivity contribution < 1.29 is 8.42 Å². The van der Waals surface area contributed by atoms with Crippen molar-refractivity contribution in [3.8, 4) is 0 Å². The van der Waals surface area contributed by atoms with Crippen molar-refractivity contribution in [2.45, 2.75) is 31.6 Å². The second-order valence-corrected chi connectivity index (χ2v) is 8.60. The Bertz CT molecular complexity index is 636. The Morgan fingerprint density at radius 2 is 1.92 bits per heavy atom. The minimum atomic E-state index is -3.37. The lowest BCUT2D eigenvalue weighted by Crippen LogP contribution is -2.42. The molecule has 0 unspecified atom stereocenters. The first kappa shape index (κ1) is 18.7. The van der Waals surface area contributed by atoms with Gasteiger partial charge in [0.05, 0.1) is 4.90 Å². The normalized spacial score (nSPS) is 18.0. The molecule has 134 valence electrons. The van der Waals surface area contributed by atoms with E-state index in [0.717, 1.165) is 19.4 Å². The van der Waals surface area contributed by atoms with Crippen LogP contribution in [0.1, 0.15) is 26.7 Å². The summed E-state index contributed by atoms with van der Waals surface area (Å²) < 4.78 is 26.7. The van der Waals surface area contributed by atoms with E-state index in [1.807, 2.05) is 6.07 Å². The van der Waals surface area contributed by atoms with Crippen LogP contribution in [0.15, 0.2) is 40.2 Å². The number of sulfonamides is 1. The smallest absolute Gasteiger partial charge is 0.243 e. The molecule has 1 fully saturated rings. The van der Waals surface area contributed by atoms with Crippen LogP contribution in [-0.2, 0) is 10.0 Å². The fourth-order valence-electron chi connectivity index (χ4n) is 2.68. The molecule has 0 aliphatic carbocycles. The zero-order valence-electron chi connectivity index (χ0n) is 14.5. The lowest BCUT2D eigenvalue weighted by molar-refractivity contribution is 0.273. The summed E-state index contributed by atoms with van der Waals surface area (Å²) in [5, 5.41) is 3.15. The Balaban J connectivity index is 1.82. The molecule has 1 aromatic rings. The molecule has 24 heavy (non-hydrogen) atoms. The first-order valence-corrected chi connectivity index (χ1v) is 9.92. The minimum Gasteiger partial charge on any atom is -0.370 e. The van der Waals surface area contributed by atoms with E-state index in [-0.39, 0.29) is 0 Å². The van der Waals surface area contributed by atoms with Crippen molar-refractivity contribution >= 4 is 16.0 Å². The van der Waals surface area contributed by atoms with Gasteiger partial charge in [0.2, 0.25) is 10.0 Å². The molecule has 0 radical (unpaired) electrons. The molecule has 6 nitrogen and oxygen atoms in total. The third-order valence-corrected chi connectivity index (χ3v) is 6.07. The standard InChI is InChI=1S/C17H28N4O2S/c1-14(2)12-19-17(18)20-13-15-8-10-21(11-9-15)24(22,23)16-6-4-3-5-7-16/h3-7,14-15H,8-13H2,1-2H3,(H3,18,19,20). The van der Waals surface area contributed by atoms with Gasteiger partial charge in [-0.3, -0.25) is 4.99 Å². The van der Waals surface area contributed by atoms with E-state index < -0.39 is 10.0 Å². The van der Waals surface area contributed by atoms with E-state index in [0.29, 0.717) is 42.3 Å². The quantitative estimate of drug-likeness (QED) is 0.602. The number of nitrogens with zero attached hydrogens (tertiary/aromatic N) is 2. The molecule has 0 atom stereocenters. The number of aliphatic imine (C=N–C) groups is 1. The summed E-state index contributed by atoms with van der Waals surface area (Å²) in [7, 11) is -3.37. The van der Waals surface area contributed by atoms with Crippen molar-refractivity contribution in [3.63, 3.8) is 0 Å². The predicted molar refractivity (Wildman–Crippen MR) is 97.3 cm³/mol. The Kier molecular flexibility index (Phi) is 6.62. The third-order valence-electron chi connectivity index (χ3n) is 4.15. The fourth-order valence-corrected chi connectivity index (χ4v) is 4.17. The number of benzene rings is 1. The highest BCUT2D eigenvalue weighted by molar-refractivity contribution is 7.89. The van der Waals surface area contributed by atoms with Gasteiger partial charge in [0.25, 0.3) is 0 Å². The van der Waals surface area contributed by atoms with Crippen LogP contribution in [0.5, 0.6) is 0 Å². The van der Waals surface area contributed by atoms with Gasteiger partial charge in [0.1, 0.15) is 0 Å². The van der Waals surface area contributed by atoms with E-state index >= 15 is 0 Å². The Hall–Kier alpha value is -1.60. The summed E-state index contributed by atoms with van der Waals surface area (Å²) in [5.74, 6) is 1.37. The highest BCUT2D eigenvalue weighted by Gasteiger charge is 2.29. The first-order chi connectivity index (χ1) is 11.4. The second-order valence-electron chi connectivity index (χ2n) is 6.66. The van der Waals surface area contributed by atoms with Gasteiger partial charge in [-0.2, -0.15) is 4.31 Å². The average Bonchev–Trinajstić information content (AvgIpc) is 2.59. The van der Waals surface area contributed by atoms with Gasteiger partial charge in [0.15, 0.2) is 5.96 Å². The van der Waals surface area contributed by atoms with Crippen molar-refractivity contribution in [2.75, 3.05) is 26.2 Å². The van der Waals surface area contributed by atoms with Crippen molar-refractivity contribution in [2.24, 2.45) is 22.6 Å². The van der Waals surface area contributed by atoms with Crippen molar-refractivity contribution in [3.05, 3.63) is 30.3 Å². The van der Waals surface area contributed by atoms with Crippen LogP contribution < -0.4 is 11.1 Å². The number of hydrogen-bond donors (Lipinski definition) is 2. The van der Waals surface area contributed by atoms with E-state index in [9.17, 15) is 8.42 Å². The summed E-state index contributed by atoms with van der Waals surface area (Å²) in [5.41, 5.74) is 5.84. The van der Waals surface area contributed by atoms with Crippen LogP contribution in [0.4, 0.5) is 0 Å². The molecule has 0 amide bonds. The lowest BCUT2D eigenvalue weighted by Gasteiger charge is -2.31. The van der Waals surface area contributed by atoms with Crippen LogP contribution >= 0.6 is 0 Å². The summed E-state index contributed by atoms with van der Waals surface area (Å²) in [4.78, 5) is 4.65. The topological polar surface area (TPSA) is 87.8 Å². The molecule has 2 rings (SSSR count). The van der Waals surface area contributed by atoms with Gasteiger partial charge in [-0.05, 0) is 36.8 Å². The first-order valence-electron chi connectivity index (χ1n) is 8.48. The molecule has 1 saturated heterocycles. The van der Waals surface area contributed by atoms with E-state index in [4.69, 9.17) is 5.73 Å². The van der Waals surface area contributed by atoms with Crippen LogP contribution in [0.2, 0.25) is 0 Å². The highest BCUT2D eigenvalue weighted by atomic mass is 32.2. The Labute approximate surface area is 145 Å². The second kappa shape index (κ2) is 8.48. The van der Waals surface area contributed by atoms with E-state index in [2.05, 4.69) is 24.2 Å². The summed E-state index contributed by atoms with van der Waals surface area (Å²) in [6.07, 6.45) is 1.66. The molecular weight excluding hydrogens is 324 g/mol. The predicted octanol–water partition coefficient (Wildman–Crippen LogP) is 1.65.